The third-order valence-corrected chi connectivity index (χ3v) is 1.58. The summed E-state index contributed by atoms with van der Waals surface area (Å²) in [6.45, 7) is 0. The molecule has 1 radical (unpaired) electrons. The first kappa shape index (κ1) is 10.1. The summed E-state index contributed by atoms with van der Waals surface area (Å²) in [5.41, 5.74) is -0.127. The van der Waals surface area contributed by atoms with Crippen molar-refractivity contribution in [2.45, 2.75) is 0 Å². The quantitative estimate of drug-likeness (QED) is 0.469. The van der Waals surface area contributed by atoms with Crippen LogP contribution in [0, 0.1) is 23.5 Å². The minimum atomic E-state index is -1.18. The molecular formula is C9H10F3N+. The van der Waals surface area contributed by atoms with Gasteiger partial charge >= 0.3 is 0 Å². The van der Waals surface area contributed by atoms with Gasteiger partial charge in [-0.3, -0.25) is 4.48 Å². The summed E-state index contributed by atoms with van der Waals surface area (Å²) in [5.74, 6) is -3.12. The summed E-state index contributed by atoms with van der Waals surface area (Å²) in [5, 5.41) is 0. The molecule has 0 saturated carbocycles. The molecule has 0 N–H and O–H groups in total. The summed E-state index contributed by atoms with van der Waals surface area (Å²) in [4.78, 5) is 0. The first-order chi connectivity index (χ1) is 5.82. The second-order valence-electron chi connectivity index (χ2n) is 3.64. The van der Waals surface area contributed by atoms with E-state index in [1.54, 1.807) is 21.1 Å². The van der Waals surface area contributed by atoms with Crippen LogP contribution in [0.25, 0.3) is 0 Å². The number of quaternary nitrogens is 1. The van der Waals surface area contributed by atoms with E-state index in [2.05, 4.69) is 6.07 Å². The molecule has 1 aromatic carbocycles. The van der Waals surface area contributed by atoms with E-state index < -0.39 is 17.5 Å². The lowest BCUT2D eigenvalue weighted by Gasteiger charge is -2.23. The second-order valence-corrected chi connectivity index (χ2v) is 3.64. The fraction of sp³-hybridized carbons (Fsp3) is 0.333. The average molecular weight is 189 g/mol. The van der Waals surface area contributed by atoms with Crippen molar-refractivity contribution in [1.29, 1.82) is 0 Å². The standard InChI is InChI=1S/C9H10F3N/c1-13(2,3)8-5-6(10)4-7(11)9(8)12/h4H,1-3H3/q+1. The fourth-order valence-electron chi connectivity index (χ4n) is 0.954. The predicted octanol–water partition coefficient (Wildman–Crippen LogP) is 2.10. The van der Waals surface area contributed by atoms with Gasteiger partial charge in [0.1, 0.15) is 5.82 Å². The Bertz CT molecular complexity index is 328. The highest BCUT2D eigenvalue weighted by Gasteiger charge is 2.23. The fourth-order valence-corrected chi connectivity index (χ4v) is 0.954. The Hall–Kier alpha value is -1.03. The van der Waals surface area contributed by atoms with Crippen molar-refractivity contribution in [3.05, 3.63) is 29.6 Å². The Labute approximate surface area is 75.0 Å². The van der Waals surface area contributed by atoms with Crippen LogP contribution in [-0.4, -0.2) is 21.1 Å². The van der Waals surface area contributed by atoms with Gasteiger partial charge in [0.15, 0.2) is 11.5 Å². The lowest BCUT2D eigenvalue weighted by molar-refractivity contribution is 0.424. The number of benzene rings is 1. The third-order valence-electron chi connectivity index (χ3n) is 1.58. The van der Waals surface area contributed by atoms with Crippen molar-refractivity contribution in [3.63, 3.8) is 0 Å². The molecule has 0 spiro atoms. The number of rotatable bonds is 1. The Morgan fingerprint density at radius 3 is 2.15 bits per heavy atom. The van der Waals surface area contributed by atoms with Crippen molar-refractivity contribution >= 4 is 5.69 Å². The highest BCUT2D eigenvalue weighted by atomic mass is 19.2. The Kier molecular flexibility index (Phi) is 2.34. The van der Waals surface area contributed by atoms with Crippen LogP contribution in [-0.2, 0) is 0 Å². The normalized spacial score (nSPS) is 11.8. The SMILES string of the molecule is C[N+](C)(C)c1[c]c(F)cc(F)c1F. The Morgan fingerprint density at radius 1 is 1.15 bits per heavy atom. The second kappa shape index (κ2) is 3.03. The molecule has 0 aliphatic rings. The molecule has 0 heterocycles. The Balaban J connectivity index is 3.37. The van der Waals surface area contributed by atoms with E-state index in [1.807, 2.05) is 0 Å². The summed E-state index contributed by atoms with van der Waals surface area (Å²) in [7, 11) is 4.81. The summed E-state index contributed by atoms with van der Waals surface area (Å²) in [6, 6.07) is 2.63. The van der Waals surface area contributed by atoms with Crippen LogP contribution in [0.2, 0.25) is 0 Å². The van der Waals surface area contributed by atoms with E-state index in [1.165, 1.54) is 0 Å². The van der Waals surface area contributed by atoms with Crippen LogP contribution >= 0.6 is 0 Å². The van der Waals surface area contributed by atoms with Crippen LogP contribution in [0.4, 0.5) is 18.9 Å². The van der Waals surface area contributed by atoms with Gasteiger partial charge in [0.2, 0.25) is 5.82 Å². The summed E-state index contributed by atoms with van der Waals surface area (Å²) >= 11 is 0. The average Bonchev–Trinajstić information content (AvgIpc) is 1.94. The minimum absolute atomic E-state index is 0.0134. The van der Waals surface area contributed by atoms with Crippen LogP contribution in [0.3, 0.4) is 0 Å². The predicted molar refractivity (Wildman–Crippen MR) is 44.7 cm³/mol. The third kappa shape index (κ3) is 2.01. The van der Waals surface area contributed by atoms with Crippen molar-refractivity contribution < 1.29 is 13.2 Å². The maximum absolute atomic E-state index is 13.1. The van der Waals surface area contributed by atoms with E-state index in [0.29, 0.717) is 6.07 Å². The van der Waals surface area contributed by atoms with Crippen molar-refractivity contribution in [1.82, 2.24) is 4.48 Å². The zero-order valence-corrected chi connectivity index (χ0v) is 7.66. The summed E-state index contributed by atoms with van der Waals surface area (Å²) < 4.78 is 38.5. The van der Waals surface area contributed by atoms with Gasteiger partial charge < -0.3 is 0 Å². The van der Waals surface area contributed by atoms with Gasteiger partial charge in [0.05, 0.1) is 27.2 Å². The molecule has 1 nitrogen and oxygen atoms in total. The van der Waals surface area contributed by atoms with Crippen molar-refractivity contribution in [3.8, 4) is 0 Å². The van der Waals surface area contributed by atoms with Gasteiger partial charge in [-0.15, -0.1) is 0 Å². The highest BCUT2D eigenvalue weighted by Crippen LogP contribution is 2.24. The maximum atomic E-state index is 13.1. The molecule has 0 unspecified atom stereocenters. The largest absolute Gasteiger partial charge is 0.295 e. The van der Waals surface area contributed by atoms with E-state index in [-0.39, 0.29) is 10.2 Å². The molecule has 0 aliphatic heterocycles. The van der Waals surface area contributed by atoms with Crippen LogP contribution in [0.5, 0.6) is 0 Å². The molecule has 0 aliphatic carbocycles. The zero-order valence-electron chi connectivity index (χ0n) is 7.66. The molecule has 0 saturated heterocycles. The highest BCUT2D eigenvalue weighted by molar-refractivity contribution is 5.42. The molecule has 71 valence electrons. The zero-order chi connectivity index (χ0) is 10.2. The van der Waals surface area contributed by atoms with Gasteiger partial charge in [0.25, 0.3) is 0 Å². The number of halogens is 3. The van der Waals surface area contributed by atoms with Gasteiger partial charge in [-0.25, -0.2) is 8.78 Å². The molecular weight excluding hydrogens is 179 g/mol. The summed E-state index contributed by atoms with van der Waals surface area (Å²) in [6.07, 6.45) is 0. The van der Waals surface area contributed by atoms with E-state index in [4.69, 9.17) is 0 Å². The minimum Gasteiger partial charge on any atom is -0.295 e. The molecule has 1 aromatic rings. The molecule has 0 bridgehead atoms. The van der Waals surface area contributed by atoms with Gasteiger partial charge in [-0.05, 0) is 0 Å². The van der Waals surface area contributed by atoms with Crippen molar-refractivity contribution in [2.75, 3.05) is 21.1 Å². The first-order valence-corrected chi connectivity index (χ1v) is 3.71. The van der Waals surface area contributed by atoms with Crippen LogP contribution < -0.4 is 4.48 Å². The van der Waals surface area contributed by atoms with Gasteiger partial charge in [-0.1, -0.05) is 0 Å². The number of hydrogen-bond donors (Lipinski definition) is 0. The maximum Gasteiger partial charge on any atom is 0.220 e. The Morgan fingerprint density at radius 2 is 1.69 bits per heavy atom. The van der Waals surface area contributed by atoms with Crippen LogP contribution in [0.1, 0.15) is 0 Å². The molecule has 0 aromatic heterocycles. The molecule has 0 atom stereocenters. The molecule has 13 heavy (non-hydrogen) atoms. The lowest BCUT2D eigenvalue weighted by Crippen LogP contribution is -2.36. The topological polar surface area (TPSA) is 0 Å². The lowest BCUT2D eigenvalue weighted by atomic mass is 10.2. The molecule has 4 heteroatoms. The number of hydrogen-bond acceptors (Lipinski definition) is 0. The smallest absolute Gasteiger partial charge is 0.220 e. The van der Waals surface area contributed by atoms with Crippen molar-refractivity contribution in [2.24, 2.45) is 0 Å². The van der Waals surface area contributed by atoms with E-state index in [9.17, 15) is 13.2 Å². The van der Waals surface area contributed by atoms with E-state index >= 15 is 0 Å². The monoisotopic (exact) mass is 189 g/mol. The first-order valence-electron chi connectivity index (χ1n) is 3.71. The van der Waals surface area contributed by atoms with Gasteiger partial charge in [-0.2, -0.15) is 4.39 Å². The molecule has 0 fully saturated rings. The molecule has 1 rings (SSSR count). The van der Waals surface area contributed by atoms with Gasteiger partial charge in [0, 0.05) is 6.07 Å². The van der Waals surface area contributed by atoms with Crippen LogP contribution in [0.15, 0.2) is 6.07 Å². The number of nitrogens with zero attached hydrogens (tertiary/aromatic N) is 1. The van der Waals surface area contributed by atoms with E-state index in [0.717, 1.165) is 0 Å². The molecule has 0 amide bonds.